The van der Waals surface area contributed by atoms with Gasteiger partial charge in [-0.05, 0) is 32.0 Å². The van der Waals surface area contributed by atoms with Crippen molar-refractivity contribution in [3.05, 3.63) is 81.7 Å². The molecule has 7 heteroatoms. The van der Waals surface area contributed by atoms with Crippen LogP contribution in [-0.4, -0.2) is 20.9 Å². The topological polar surface area (TPSA) is 85.3 Å². The van der Waals surface area contributed by atoms with Crippen LogP contribution in [-0.2, 0) is 0 Å². The van der Waals surface area contributed by atoms with Crippen LogP contribution in [0.5, 0.6) is 0 Å². The van der Waals surface area contributed by atoms with Crippen molar-refractivity contribution in [1.29, 1.82) is 0 Å². The van der Waals surface area contributed by atoms with Gasteiger partial charge in [0.25, 0.3) is 5.69 Å². The number of hydrogen-bond acceptors (Lipinski definition) is 5. The molecule has 0 atom stereocenters. The molecule has 1 N–H and O–H groups in total. The Kier molecular flexibility index (Phi) is 4.56. The molecule has 0 radical (unpaired) electrons. The predicted octanol–water partition coefficient (Wildman–Crippen LogP) is 3.84. The normalized spacial score (nSPS) is 11.0. The number of hydrazone groups is 1. The third kappa shape index (κ3) is 3.40. The third-order valence-corrected chi connectivity index (χ3v) is 3.83. The summed E-state index contributed by atoms with van der Waals surface area (Å²) >= 11 is 0. The summed E-state index contributed by atoms with van der Waals surface area (Å²) in [5, 5.41) is 19.7. The highest BCUT2D eigenvalue weighted by molar-refractivity contribution is 5.83. The first-order chi connectivity index (χ1) is 12.1. The maximum Gasteiger partial charge on any atom is 0.294 e. The molecule has 0 amide bonds. The Bertz CT molecular complexity index is 932. The molecule has 0 aliphatic carbocycles. The number of nitro groups is 1. The molecule has 1 heterocycles. The van der Waals surface area contributed by atoms with E-state index in [2.05, 4.69) is 15.6 Å². The summed E-state index contributed by atoms with van der Waals surface area (Å²) in [6.07, 6.45) is 1.63. The molecular formula is C18H17N5O2. The average Bonchev–Trinajstić information content (AvgIpc) is 2.91. The van der Waals surface area contributed by atoms with Gasteiger partial charge in [0.05, 0.1) is 28.2 Å². The minimum absolute atomic E-state index is 0.0203. The minimum atomic E-state index is -0.443. The number of rotatable bonds is 5. The Labute approximate surface area is 144 Å². The number of aromatic nitrogens is 2. The molecule has 7 nitrogen and oxygen atoms in total. The number of nitrogens with zero attached hydrogens (tertiary/aromatic N) is 4. The van der Waals surface area contributed by atoms with E-state index in [-0.39, 0.29) is 5.69 Å². The molecule has 0 aliphatic heterocycles. The van der Waals surface area contributed by atoms with E-state index in [0.717, 1.165) is 22.6 Å². The second kappa shape index (κ2) is 6.96. The van der Waals surface area contributed by atoms with Crippen molar-refractivity contribution in [1.82, 2.24) is 9.78 Å². The van der Waals surface area contributed by atoms with E-state index in [4.69, 9.17) is 0 Å². The summed E-state index contributed by atoms with van der Waals surface area (Å²) in [6, 6.07) is 16.2. The fraction of sp³-hybridized carbons (Fsp3) is 0.111. The van der Waals surface area contributed by atoms with Crippen LogP contribution in [0.4, 0.5) is 11.4 Å². The molecule has 0 spiro atoms. The molecule has 0 fully saturated rings. The predicted molar refractivity (Wildman–Crippen MR) is 97.4 cm³/mol. The Hall–Kier alpha value is -3.48. The van der Waals surface area contributed by atoms with Crippen molar-refractivity contribution in [3.63, 3.8) is 0 Å². The lowest BCUT2D eigenvalue weighted by atomic mass is 10.2. The first kappa shape index (κ1) is 16.4. The number of aryl methyl sites for hydroxylation is 1. The van der Waals surface area contributed by atoms with Crippen LogP contribution in [0.25, 0.3) is 5.69 Å². The molecule has 0 unspecified atom stereocenters. The summed E-state index contributed by atoms with van der Waals surface area (Å²) in [5.41, 5.74) is 6.67. The average molecular weight is 335 g/mol. The van der Waals surface area contributed by atoms with Gasteiger partial charge < -0.3 is 0 Å². The molecule has 3 aromatic rings. The molecule has 3 rings (SSSR count). The number of hydrogen-bond donors (Lipinski definition) is 1. The van der Waals surface area contributed by atoms with Crippen molar-refractivity contribution in [2.24, 2.45) is 5.10 Å². The number of nitrogens with one attached hydrogen (secondary N) is 1. The Morgan fingerprint density at radius 1 is 1.12 bits per heavy atom. The lowest BCUT2D eigenvalue weighted by molar-refractivity contribution is -0.384. The summed E-state index contributed by atoms with van der Waals surface area (Å²) < 4.78 is 1.85. The van der Waals surface area contributed by atoms with E-state index < -0.39 is 4.92 Å². The van der Waals surface area contributed by atoms with Crippen molar-refractivity contribution in [2.75, 3.05) is 5.43 Å². The molecule has 0 saturated heterocycles. The minimum Gasteiger partial charge on any atom is -0.272 e. The van der Waals surface area contributed by atoms with Crippen molar-refractivity contribution >= 4 is 17.6 Å². The van der Waals surface area contributed by atoms with Gasteiger partial charge in [-0.3, -0.25) is 15.5 Å². The van der Waals surface area contributed by atoms with Crippen LogP contribution in [0.15, 0.2) is 59.7 Å². The monoisotopic (exact) mass is 335 g/mol. The van der Waals surface area contributed by atoms with Gasteiger partial charge in [0.2, 0.25) is 0 Å². The molecule has 0 saturated carbocycles. The summed E-state index contributed by atoms with van der Waals surface area (Å²) in [4.78, 5) is 10.6. The zero-order chi connectivity index (χ0) is 17.8. The highest BCUT2D eigenvalue weighted by Gasteiger charge is 2.13. The van der Waals surface area contributed by atoms with E-state index >= 15 is 0 Å². The Balaban J connectivity index is 1.86. The number of benzene rings is 2. The lowest BCUT2D eigenvalue weighted by Gasteiger charge is -2.03. The Morgan fingerprint density at radius 3 is 2.52 bits per heavy atom. The second-order valence-electron chi connectivity index (χ2n) is 5.48. The van der Waals surface area contributed by atoms with Gasteiger partial charge in [0, 0.05) is 11.6 Å². The van der Waals surface area contributed by atoms with Gasteiger partial charge in [-0.2, -0.15) is 10.2 Å². The second-order valence-corrected chi connectivity index (χ2v) is 5.48. The van der Waals surface area contributed by atoms with Crippen LogP contribution >= 0.6 is 0 Å². The zero-order valence-corrected chi connectivity index (χ0v) is 13.9. The van der Waals surface area contributed by atoms with Gasteiger partial charge in [-0.15, -0.1) is 0 Å². The summed E-state index contributed by atoms with van der Waals surface area (Å²) in [5.74, 6) is 0. The maximum absolute atomic E-state index is 11.0. The largest absolute Gasteiger partial charge is 0.294 e. The van der Waals surface area contributed by atoms with Gasteiger partial charge in [-0.1, -0.05) is 30.3 Å². The number of anilines is 1. The molecule has 126 valence electrons. The quantitative estimate of drug-likeness (QED) is 0.436. The van der Waals surface area contributed by atoms with Crippen LogP contribution in [0.2, 0.25) is 0 Å². The van der Waals surface area contributed by atoms with Gasteiger partial charge >= 0.3 is 0 Å². The highest BCUT2D eigenvalue weighted by Crippen LogP contribution is 2.23. The Morgan fingerprint density at radius 2 is 1.80 bits per heavy atom. The first-order valence-corrected chi connectivity index (χ1v) is 7.72. The lowest BCUT2D eigenvalue weighted by Crippen LogP contribution is -1.99. The molecule has 25 heavy (non-hydrogen) atoms. The van der Waals surface area contributed by atoms with Gasteiger partial charge in [0.15, 0.2) is 0 Å². The van der Waals surface area contributed by atoms with Crippen molar-refractivity contribution in [2.45, 2.75) is 13.8 Å². The van der Waals surface area contributed by atoms with Crippen molar-refractivity contribution < 1.29 is 4.92 Å². The first-order valence-electron chi connectivity index (χ1n) is 7.72. The van der Waals surface area contributed by atoms with Crippen LogP contribution in [0.1, 0.15) is 17.0 Å². The van der Waals surface area contributed by atoms with Crippen molar-refractivity contribution in [3.8, 4) is 5.69 Å². The third-order valence-electron chi connectivity index (χ3n) is 3.83. The molecule has 0 aliphatic rings. The molecule has 1 aromatic heterocycles. The SMILES string of the molecule is Cc1nn(-c2ccccc2)c(C)c1/C=N\Nc1ccccc1[N+](=O)[O-]. The number of nitro benzene ring substituents is 1. The standard InChI is InChI=1S/C18H17N5O2/c1-13-16(14(2)22(21-13)15-8-4-3-5-9-15)12-19-20-17-10-6-7-11-18(17)23(24)25/h3-12,20H,1-2H3/b19-12-. The summed E-state index contributed by atoms with van der Waals surface area (Å²) in [7, 11) is 0. The van der Waals surface area contributed by atoms with Crippen LogP contribution in [0, 0.1) is 24.0 Å². The molecule has 2 aromatic carbocycles. The smallest absolute Gasteiger partial charge is 0.272 e. The van der Waals surface area contributed by atoms with E-state index in [0.29, 0.717) is 5.69 Å². The fourth-order valence-corrected chi connectivity index (χ4v) is 2.56. The summed E-state index contributed by atoms with van der Waals surface area (Å²) in [6.45, 7) is 3.86. The molecule has 0 bridgehead atoms. The fourth-order valence-electron chi connectivity index (χ4n) is 2.56. The number of para-hydroxylation sites is 3. The highest BCUT2D eigenvalue weighted by atomic mass is 16.6. The van der Waals surface area contributed by atoms with E-state index in [9.17, 15) is 10.1 Å². The molecular weight excluding hydrogens is 318 g/mol. The van der Waals surface area contributed by atoms with Crippen LogP contribution in [0.3, 0.4) is 0 Å². The maximum atomic E-state index is 11.0. The van der Waals surface area contributed by atoms with Gasteiger partial charge in [0.1, 0.15) is 5.69 Å². The van der Waals surface area contributed by atoms with E-state index in [1.54, 1.807) is 24.4 Å². The van der Waals surface area contributed by atoms with E-state index in [1.807, 2.05) is 48.9 Å². The van der Waals surface area contributed by atoms with E-state index in [1.165, 1.54) is 6.07 Å². The van der Waals surface area contributed by atoms with Gasteiger partial charge in [-0.25, -0.2) is 4.68 Å². The zero-order valence-electron chi connectivity index (χ0n) is 13.9. The van der Waals surface area contributed by atoms with Crippen LogP contribution < -0.4 is 5.43 Å².